The minimum atomic E-state index is -0.594. The maximum absolute atomic E-state index is 14.0. The molecule has 2 amide bonds. The molecule has 0 saturated heterocycles. The number of hydrogen-bond donors (Lipinski definition) is 2. The second-order valence-corrected chi connectivity index (χ2v) is 11.4. The van der Waals surface area contributed by atoms with Crippen molar-refractivity contribution in [3.8, 4) is 0 Å². The van der Waals surface area contributed by atoms with Crippen LogP contribution in [-0.4, -0.2) is 44.9 Å². The Bertz CT molecular complexity index is 1360. The van der Waals surface area contributed by atoms with E-state index >= 15 is 0 Å². The molecule has 12 heteroatoms. The third kappa shape index (κ3) is 7.28. The number of halogens is 1. The predicted octanol–water partition coefficient (Wildman–Crippen LogP) is 5.39. The van der Waals surface area contributed by atoms with Crippen molar-refractivity contribution in [1.29, 1.82) is 0 Å². The van der Waals surface area contributed by atoms with E-state index in [-0.39, 0.29) is 30.4 Å². The van der Waals surface area contributed by atoms with E-state index < -0.39 is 17.7 Å². The summed E-state index contributed by atoms with van der Waals surface area (Å²) in [5.74, 6) is -1.20. The molecule has 0 spiro atoms. The molecule has 0 saturated carbocycles. The molecule has 4 rings (SSSR count). The number of thiophene rings is 1. The van der Waals surface area contributed by atoms with Gasteiger partial charge in [0.15, 0.2) is 11.0 Å². The third-order valence-electron chi connectivity index (χ3n) is 6.54. The minimum Gasteiger partial charge on any atom is -0.462 e. The Morgan fingerprint density at radius 3 is 2.70 bits per heavy atom. The second kappa shape index (κ2) is 14.4. The number of rotatable bonds is 12. The second-order valence-electron chi connectivity index (χ2n) is 9.39. The number of nitrogens with zero attached hydrogens (tertiary/aromatic N) is 3. The van der Waals surface area contributed by atoms with Gasteiger partial charge in [0.05, 0.1) is 30.0 Å². The van der Waals surface area contributed by atoms with Crippen LogP contribution in [0.25, 0.3) is 0 Å². The zero-order valence-electron chi connectivity index (χ0n) is 22.8. The quantitative estimate of drug-likeness (QED) is 0.166. The lowest BCUT2D eigenvalue weighted by atomic mass is 10.1. The molecule has 1 aliphatic rings. The highest BCUT2D eigenvalue weighted by molar-refractivity contribution is 7.99. The van der Waals surface area contributed by atoms with Crippen LogP contribution in [0.2, 0.25) is 0 Å². The van der Waals surface area contributed by atoms with E-state index in [0.29, 0.717) is 28.1 Å². The van der Waals surface area contributed by atoms with Crippen LogP contribution in [0.1, 0.15) is 82.9 Å². The number of benzene rings is 1. The molecule has 2 N–H and O–H groups in total. The van der Waals surface area contributed by atoms with Gasteiger partial charge >= 0.3 is 5.97 Å². The fraction of sp³-hybridized carbons (Fsp3) is 0.464. The topological polar surface area (TPSA) is 115 Å². The summed E-state index contributed by atoms with van der Waals surface area (Å²) < 4.78 is 21.2. The van der Waals surface area contributed by atoms with Crippen molar-refractivity contribution in [2.75, 3.05) is 17.7 Å². The van der Waals surface area contributed by atoms with Crippen molar-refractivity contribution in [2.24, 2.45) is 0 Å². The number of aryl methyl sites for hydroxylation is 1. The van der Waals surface area contributed by atoms with E-state index in [1.54, 1.807) is 13.0 Å². The Kier molecular flexibility index (Phi) is 10.7. The number of thioether (sulfide) groups is 1. The monoisotopic (exact) mass is 587 g/mol. The van der Waals surface area contributed by atoms with Crippen LogP contribution in [0.15, 0.2) is 29.4 Å². The van der Waals surface area contributed by atoms with Crippen molar-refractivity contribution in [3.63, 3.8) is 0 Å². The highest BCUT2D eigenvalue weighted by Gasteiger charge is 2.27. The number of amides is 2. The first-order chi connectivity index (χ1) is 19.4. The first kappa shape index (κ1) is 29.7. The van der Waals surface area contributed by atoms with Crippen LogP contribution in [-0.2, 0) is 35.5 Å². The maximum atomic E-state index is 14.0. The normalized spacial score (nSPS) is 12.9. The van der Waals surface area contributed by atoms with E-state index in [1.165, 1.54) is 41.3 Å². The van der Waals surface area contributed by atoms with Gasteiger partial charge in [-0.25, -0.2) is 9.18 Å². The average Bonchev–Trinajstić information content (AvgIpc) is 3.40. The summed E-state index contributed by atoms with van der Waals surface area (Å²) in [4.78, 5) is 39.4. The molecule has 9 nitrogen and oxygen atoms in total. The number of aromatic nitrogens is 3. The van der Waals surface area contributed by atoms with Crippen molar-refractivity contribution in [3.05, 3.63) is 57.5 Å². The fourth-order valence-electron chi connectivity index (χ4n) is 4.54. The van der Waals surface area contributed by atoms with E-state index in [2.05, 4.69) is 27.8 Å². The number of fused-ring (bicyclic) bond motifs is 1. The average molecular weight is 588 g/mol. The van der Waals surface area contributed by atoms with Crippen molar-refractivity contribution < 1.29 is 23.5 Å². The van der Waals surface area contributed by atoms with Crippen LogP contribution in [0.3, 0.4) is 0 Å². The molecule has 0 unspecified atom stereocenters. The van der Waals surface area contributed by atoms with Crippen molar-refractivity contribution in [2.45, 2.75) is 77.0 Å². The van der Waals surface area contributed by atoms with Gasteiger partial charge in [-0.2, -0.15) is 0 Å². The lowest BCUT2D eigenvalue weighted by molar-refractivity contribution is -0.113. The largest absolute Gasteiger partial charge is 0.462 e. The molecular formula is C28H34FN5O4S2. The highest BCUT2D eigenvalue weighted by Crippen LogP contribution is 2.38. The first-order valence-corrected chi connectivity index (χ1v) is 15.4. The van der Waals surface area contributed by atoms with Crippen LogP contribution in [0, 0.1) is 5.82 Å². The molecule has 0 atom stereocenters. The summed E-state index contributed by atoms with van der Waals surface area (Å²) >= 11 is 2.70. The molecule has 1 aliphatic carbocycles. The Hall–Kier alpha value is -3.25. The zero-order chi connectivity index (χ0) is 28.5. The molecule has 3 aromatic rings. The van der Waals surface area contributed by atoms with Crippen LogP contribution >= 0.6 is 23.1 Å². The molecule has 2 aromatic heterocycles. The summed E-state index contributed by atoms with van der Waals surface area (Å²) in [6.45, 7) is 4.78. The number of anilines is 1. The summed E-state index contributed by atoms with van der Waals surface area (Å²) in [6, 6.07) is 5.79. The van der Waals surface area contributed by atoms with Gasteiger partial charge in [0.2, 0.25) is 5.91 Å². The Labute approximate surface area is 241 Å². The van der Waals surface area contributed by atoms with E-state index in [4.69, 9.17) is 4.74 Å². The van der Waals surface area contributed by atoms with Gasteiger partial charge in [0, 0.05) is 11.4 Å². The molecule has 0 aliphatic heterocycles. The lowest BCUT2D eigenvalue weighted by Gasteiger charge is -2.11. The SMILES string of the molecule is CCCCn1c(CNC(=O)c2ccccc2F)nnc1SCC(=O)Nc1sc2c(c1C(=O)OCC)CCCCC2. The van der Waals surface area contributed by atoms with Gasteiger partial charge in [-0.05, 0) is 56.7 Å². The van der Waals surface area contributed by atoms with Gasteiger partial charge < -0.3 is 19.9 Å². The fourth-order valence-corrected chi connectivity index (χ4v) is 6.62. The summed E-state index contributed by atoms with van der Waals surface area (Å²) in [7, 11) is 0. The van der Waals surface area contributed by atoms with Crippen molar-refractivity contribution >= 4 is 45.9 Å². The Morgan fingerprint density at radius 1 is 1.12 bits per heavy atom. The maximum Gasteiger partial charge on any atom is 0.341 e. The molecule has 0 bridgehead atoms. The molecular weight excluding hydrogens is 553 g/mol. The number of ether oxygens (including phenoxy) is 1. The highest BCUT2D eigenvalue weighted by atomic mass is 32.2. The van der Waals surface area contributed by atoms with Gasteiger partial charge in [-0.1, -0.05) is 43.7 Å². The van der Waals surface area contributed by atoms with E-state index in [1.807, 2.05) is 4.57 Å². The Balaban J connectivity index is 1.43. The van der Waals surface area contributed by atoms with Crippen molar-refractivity contribution in [1.82, 2.24) is 20.1 Å². The van der Waals surface area contributed by atoms with Gasteiger partial charge in [0.1, 0.15) is 10.8 Å². The number of unbranched alkanes of at least 4 members (excludes halogenated alkanes) is 1. The van der Waals surface area contributed by atoms with E-state index in [0.717, 1.165) is 55.4 Å². The van der Waals surface area contributed by atoms with Crippen LogP contribution in [0.4, 0.5) is 9.39 Å². The first-order valence-electron chi connectivity index (χ1n) is 13.6. The molecule has 214 valence electrons. The van der Waals surface area contributed by atoms with Crippen LogP contribution in [0.5, 0.6) is 0 Å². The molecule has 0 radical (unpaired) electrons. The summed E-state index contributed by atoms with van der Waals surface area (Å²) in [6.07, 6.45) is 6.69. The number of nitrogens with one attached hydrogen (secondary N) is 2. The van der Waals surface area contributed by atoms with Gasteiger partial charge in [-0.3, -0.25) is 9.59 Å². The van der Waals surface area contributed by atoms with Gasteiger partial charge in [-0.15, -0.1) is 21.5 Å². The Morgan fingerprint density at radius 2 is 1.93 bits per heavy atom. The van der Waals surface area contributed by atoms with E-state index in [9.17, 15) is 18.8 Å². The number of hydrogen-bond acceptors (Lipinski definition) is 8. The predicted molar refractivity (Wildman–Crippen MR) is 153 cm³/mol. The number of carbonyl (C=O) groups excluding carboxylic acids is 3. The summed E-state index contributed by atoms with van der Waals surface area (Å²) in [5.41, 5.74) is 1.45. The molecule has 40 heavy (non-hydrogen) atoms. The number of esters is 1. The molecule has 0 fully saturated rings. The zero-order valence-corrected chi connectivity index (χ0v) is 24.4. The van der Waals surface area contributed by atoms with Gasteiger partial charge in [0.25, 0.3) is 5.91 Å². The smallest absolute Gasteiger partial charge is 0.341 e. The third-order valence-corrected chi connectivity index (χ3v) is 8.71. The van der Waals surface area contributed by atoms with Crippen LogP contribution < -0.4 is 10.6 Å². The minimum absolute atomic E-state index is 0.0403. The lowest BCUT2D eigenvalue weighted by Crippen LogP contribution is -2.25. The number of carbonyl (C=O) groups is 3. The molecule has 1 aromatic carbocycles. The standard InChI is InChI=1S/C28H34FN5O4S2/c1-3-5-15-34-22(16-30-25(36)18-11-9-10-13-20(18)29)32-33-28(34)39-17-23(35)31-26-24(27(37)38-4-2)19-12-7-6-8-14-21(19)40-26/h9-11,13H,3-8,12,14-17H2,1-2H3,(H,30,36)(H,31,35). The summed E-state index contributed by atoms with van der Waals surface area (Å²) in [5, 5.41) is 15.2. The molecule has 2 heterocycles.